The van der Waals surface area contributed by atoms with Crippen LogP contribution < -0.4 is 5.32 Å². The van der Waals surface area contributed by atoms with Crippen molar-refractivity contribution in [2.75, 3.05) is 26.9 Å². The number of likely N-dealkylation sites (N-methyl/N-ethyl adjacent to an activating group) is 1. The van der Waals surface area contributed by atoms with Crippen LogP contribution in [0.3, 0.4) is 0 Å². The maximum atomic E-state index is 12.4. The summed E-state index contributed by atoms with van der Waals surface area (Å²) in [5.41, 5.74) is 2.33. The molecule has 0 fully saturated rings. The molecule has 2 aromatic carbocycles. The first-order chi connectivity index (χ1) is 11.8. The number of rotatable bonds is 7. The number of hydrogen-bond donors (Lipinski definition) is 1. The lowest BCUT2D eigenvalue weighted by Gasteiger charge is -2.25. The van der Waals surface area contributed by atoms with E-state index >= 15 is 0 Å². The monoisotopic (exact) mass is 360 g/mol. The molecule has 0 aromatic heterocycles. The van der Waals surface area contributed by atoms with Crippen LogP contribution in [0.25, 0.3) is 0 Å². The van der Waals surface area contributed by atoms with Gasteiger partial charge in [0.25, 0.3) is 5.91 Å². The zero-order chi connectivity index (χ0) is 18.4. The number of amides is 1. The average Bonchev–Trinajstić information content (AvgIpc) is 2.54. The van der Waals surface area contributed by atoms with Crippen LogP contribution in [0, 0.1) is 0 Å². The lowest BCUT2D eigenvalue weighted by Crippen LogP contribution is -2.34. The molecule has 2 aromatic rings. The molecule has 0 aliphatic rings. The van der Waals surface area contributed by atoms with Gasteiger partial charge >= 0.3 is 0 Å². The average molecular weight is 360 g/mol. The minimum absolute atomic E-state index is 0.0222. The molecule has 134 valence electrons. The van der Waals surface area contributed by atoms with E-state index in [1.807, 2.05) is 44.4 Å². The van der Waals surface area contributed by atoms with E-state index in [1.54, 1.807) is 24.3 Å². The van der Waals surface area contributed by atoms with E-state index in [4.69, 9.17) is 0 Å². The smallest absolute Gasteiger partial charge is 0.251 e. The Kier molecular flexibility index (Phi) is 6.33. The first-order valence-electron chi connectivity index (χ1n) is 8.02. The summed E-state index contributed by atoms with van der Waals surface area (Å²) in [6.07, 6.45) is 1.19. The number of nitrogens with one attached hydrogen (secondary N) is 1. The summed E-state index contributed by atoms with van der Waals surface area (Å²) in [4.78, 5) is 14.4. The third kappa shape index (κ3) is 5.99. The van der Waals surface area contributed by atoms with Gasteiger partial charge < -0.3 is 10.2 Å². The minimum Gasteiger partial charge on any atom is -0.350 e. The fourth-order valence-corrected chi connectivity index (χ4v) is 3.42. The Morgan fingerprint density at radius 2 is 1.64 bits per heavy atom. The molecule has 0 saturated heterocycles. The number of nitrogens with zero attached hydrogens (tertiary/aromatic N) is 1. The minimum atomic E-state index is -3.08. The lowest BCUT2D eigenvalue weighted by molar-refractivity contribution is 0.0942. The third-order valence-corrected chi connectivity index (χ3v) is 4.77. The van der Waals surface area contributed by atoms with E-state index in [1.165, 1.54) is 6.26 Å². The van der Waals surface area contributed by atoms with Crippen molar-refractivity contribution in [3.63, 3.8) is 0 Å². The van der Waals surface area contributed by atoms with Crippen LogP contribution in [0.15, 0.2) is 54.6 Å². The molecule has 0 spiro atoms. The van der Waals surface area contributed by atoms with Crippen molar-refractivity contribution in [3.05, 3.63) is 71.3 Å². The van der Waals surface area contributed by atoms with Crippen LogP contribution in [-0.4, -0.2) is 46.1 Å². The zero-order valence-corrected chi connectivity index (χ0v) is 15.6. The highest BCUT2D eigenvalue weighted by molar-refractivity contribution is 7.89. The Morgan fingerprint density at radius 1 is 1.04 bits per heavy atom. The van der Waals surface area contributed by atoms with Gasteiger partial charge in [0.05, 0.1) is 11.8 Å². The molecule has 0 aliphatic carbocycles. The molecule has 5 nitrogen and oxygen atoms in total. The van der Waals surface area contributed by atoms with Gasteiger partial charge in [0.15, 0.2) is 9.84 Å². The van der Waals surface area contributed by atoms with Crippen LogP contribution in [0.2, 0.25) is 0 Å². The molecular formula is C19H24N2O3S. The first-order valence-corrected chi connectivity index (χ1v) is 10.1. The molecule has 0 heterocycles. The van der Waals surface area contributed by atoms with E-state index in [0.717, 1.165) is 5.56 Å². The van der Waals surface area contributed by atoms with Gasteiger partial charge in [-0.25, -0.2) is 8.42 Å². The Morgan fingerprint density at radius 3 is 2.16 bits per heavy atom. The molecule has 2 rings (SSSR count). The van der Waals surface area contributed by atoms with E-state index in [2.05, 4.69) is 10.2 Å². The second-order valence-electron chi connectivity index (χ2n) is 6.37. The number of benzene rings is 2. The van der Waals surface area contributed by atoms with Crippen molar-refractivity contribution in [2.45, 2.75) is 11.8 Å². The molecule has 0 radical (unpaired) electrons. The summed E-state index contributed by atoms with van der Waals surface area (Å²) in [6.45, 7) is 0.487. The molecule has 6 heteroatoms. The molecule has 0 bridgehead atoms. The second-order valence-corrected chi connectivity index (χ2v) is 8.51. The van der Waals surface area contributed by atoms with E-state index < -0.39 is 9.84 Å². The molecule has 1 N–H and O–H groups in total. The number of hydrogen-bond acceptors (Lipinski definition) is 4. The molecule has 25 heavy (non-hydrogen) atoms. The summed E-state index contributed by atoms with van der Waals surface area (Å²) in [5, 5.41) is 2.95. The van der Waals surface area contributed by atoms with E-state index in [9.17, 15) is 13.2 Å². The van der Waals surface area contributed by atoms with Crippen molar-refractivity contribution >= 4 is 15.7 Å². The van der Waals surface area contributed by atoms with Gasteiger partial charge in [-0.2, -0.15) is 0 Å². The number of sulfone groups is 1. The van der Waals surface area contributed by atoms with Gasteiger partial charge in [0.2, 0.25) is 0 Å². The Hall–Kier alpha value is -2.18. The zero-order valence-electron chi connectivity index (χ0n) is 14.8. The molecule has 0 saturated carbocycles. The van der Waals surface area contributed by atoms with Gasteiger partial charge in [-0.05, 0) is 37.4 Å². The summed E-state index contributed by atoms with van der Waals surface area (Å²) < 4.78 is 22.6. The fourth-order valence-electron chi connectivity index (χ4n) is 2.62. The normalized spacial score (nSPS) is 12.8. The van der Waals surface area contributed by atoms with Gasteiger partial charge in [-0.15, -0.1) is 0 Å². The highest BCUT2D eigenvalue weighted by Gasteiger charge is 2.15. The standard InChI is InChI=1S/C19H24N2O3S/c1-21(2)18(16-7-5-4-6-8-16)13-20-19(22)17-11-9-15(10-12-17)14-25(3,23)24/h4-12,18H,13-14H2,1-3H3,(H,20,22). The van der Waals surface area contributed by atoms with Crippen LogP contribution in [0.4, 0.5) is 0 Å². The molecule has 1 unspecified atom stereocenters. The van der Waals surface area contributed by atoms with Gasteiger partial charge in [0, 0.05) is 18.4 Å². The van der Waals surface area contributed by atoms with Gasteiger partial charge in [0.1, 0.15) is 0 Å². The maximum absolute atomic E-state index is 12.4. The van der Waals surface area contributed by atoms with Crippen LogP contribution in [0.1, 0.15) is 27.5 Å². The van der Waals surface area contributed by atoms with E-state index in [0.29, 0.717) is 17.7 Å². The highest BCUT2D eigenvalue weighted by Crippen LogP contribution is 2.17. The molecular weight excluding hydrogens is 336 g/mol. The van der Waals surface area contributed by atoms with Crippen molar-refractivity contribution in [2.24, 2.45) is 0 Å². The predicted octanol–water partition coefficient (Wildman–Crippen LogP) is 2.26. The second kappa shape index (κ2) is 8.27. The summed E-state index contributed by atoms with van der Waals surface area (Å²) in [6, 6.07) is 16.7. The molecule has 1 amide bonds. The largest absolute Gasteiger partial charge is 0.350 e. The topological polar surface area (TPSA) is 66.5 Å². The summed E-state index contributed by atoms with van der Waals surface area (Å²) in [7, 11) is 0.874. The van der Waals surface area contributed by atoms with Crippen LogP contribution in [-0.2, 0) is 15.6 Å². The van der Waals surface area contributed by atoms with Crippen LogP contribution >= 0.6 is 0 Å². The maximum Gasteiger partial charge on any atom is 0.251 e. The summed E-state index contributed by atoms with van der Waals surface area (Å²) >= 11 is 0. The first kappa shape index (κ1) is 19.1. The summed E-state index contributed by atoms with van der Waals surface area (Å²) in [5.74, 6) is -0.195. The molecule has 1 atom stereocenters. The van der Waals surface area contributed by atoms with Crippen molar-refractivity contribution < 1.29 is 13.2 Å². The predicted molar refractivity (Wildman–Crippen MR) is 100 cm³/mol. The van der Waals surface area contributed by atoms with Crippen molar-refractivity contribution in [1.82, 2.24) is 10.2 Å². The Labute approximate surface area is 149 Å². The van der Waals surface area contributed by atoms with Gasteiger partial charge in [-0.1, -0.05) is 42.5 Å². The SMILES string of the molecule is CN(C)C(CNC(=O)c1ccc(CS(C)(=O)=O)cc1)c1ccccc1. The third-order valence-electron chi connectivity index (χ3n) is 3.91. The highest BCUT2D eigenvalue weighted by atomic mass is 32.2. The van der Waals surface area contributed by atoms with Gasteiger partial charge in [-0.3, -0.25) is 4.79 Å². The fraction of sp³-hybridized carbons (Fsp3) is 0.316. The Balaban J connectivity index is 2.01. The Bertz CT molecular complexity index is 800. The number of carbonyl (C=O) groups is 1. The molecule has 0 aliphatic heterocycles. The van der Waals surface area contributed by atoms with Crippen molar-refractivity contribution in [1.29, 1.82) is 0 Å². The number of carbonyl (C=O) groups excluding carboxylic acids is 1. The van der Waals surface area contributed by atoms with Crippen LogP contribution in [0.5, 0.6) is 0 Å². The van der Waals surface area contributed by atoms with E-state index in [-0.39, 0.29) is 17.7 Å². The quantitative estimate of drug-likeness (QED) is 0.822. The van der Waals surface area contributed by atoms with Crippen molar-refractivity contribution in [3.8, 4) is 0 Å². The lowest BCUT2D eigenvalue weighted by atomic mass is 10.1.